The van der Waals surface area contributed by atoms with E-state index in [2.05, 4.69) is 20.8 Å². The fourth-order valence-electron chi connectivity index (χ4n) is 1.99. The number of nitrogens with one attached hydrogen (secondary N) is 1. The lowest BCUT2D eigenvalue weighted by atomic mass is 10.1. The van der Waals surface area contributed by atoms with E-state index in [1.54, 1.807) is 18.2 Å². The lowest BCUT2D eigenvalue weighted by Crippen LogP contribution is -2.24. The summed E-state index contributed by atoms with van der Waals surface area (Å²) in [5, 5.41) is 22.2. The maximum Gasteiger partial charge on any atom is 0.303 e. The topological polar surface area (TPSA) is 119 Å². The van der Waals surface area contributed by atoms with Crippen molar-refractivity contribution in [3.63, 3.8) is 0 Å². The Kier molecular flexibility index (Phi) is 5.61. The average Bonchev–Trinajstić information content (AvgIpc) is 3.07. The third kappa shape index (κ3) is 4.50. The standard InChI is InChI=1S/C14H17N5O4/c1-23-12-6-5-10(8-11(12)19-9-16-17-18-19)14(22)15-7-3-2-4-13(20)21/h5-6,8-9H,2-4,7H2,1H3,(H,15,22)(H,20,21). The predicted octanol–water partition coefficient (Wildman–Crippen LogP) is 0.656. The Balaban J connectivity index is 2.01. The van der Waals surface area contributed by atoms with E-state index in [1.807, 2.05) is 0 Å². The van der Waals surface area contributed by atoms with Crippen molar-refractivity contribution in [2.24, 2.45) is 0 Å². The smallest absolute Gasteiger partial charge is 0.303 e. The van der Waals surface area contributed by atoms with Gasteiger partial charge in [0.15, 0.2) is 0 Å². The zero-order valence-corrected chi connectivity index (χ0v) is 12.6. The number of aliphatic carboxylic acids is 1. The van der Waals surface area contributed by atoms with Crippen molar-refractivity contribution in [1.82, 2.24) is 25.5 Å². The lowest BCUT2D eigenvalue weighted by molar-refractivity contribution is -0.137. The number of carboxylic acids is 1. The number of unbranched alkanes of at least 4 members (excludes halogenated alkanes) is 1. The van der Waals surface area contributed by atoms with Gasteiger partial charge in [0.05, 0.1) is 7.11 Å². The lowest BCUT2D eigenvalue weighted by Gasteiger charge is -2.10. The number of carboxylic acid groups (broad SMARTS) is 1. The monoisotopic (exact) mass is 319 g/mol. The molecular formula is C14H17N5O4. The highest BCUT2D eigenvalue weighted by Gasteiger charge is 2.12. The van der Waals surface area contributed by atoms with Crippen LogP contribution in [0.25, 0.3) is 5.69 Å². The number of methoxy groups -OCH3 is 1. The first kappa shape index (κ1) is 16.4. The largest absolute Gasteiger partial charge is 0.494 e. The van der Waals surface area contributed by atoms with Crippen LogP contribution in [0.15, 0.2) is 24.5 Å². The van der Waals surface area contributed by atoms with Crippen LogP contribution < -0.4 is 10.1 Å². The maximum absolute atomic E-state index is 12.1. The molecule has 0 saturated heterocycles. The molecule has 0 saturated carbocycles. The van der Waals surface area contributed by atoms with Crippen LogP contribution in [0.3, 0.4) is 0 Å². The molecule has 9 nitrogen and oxygen atoms in total. The Hall–Kier alpha value is -2.97. The molecule has 2 aromatic rings. The Morgan fingerprint density at radius 3 is 2.83 bits per heavy atom. The molecule has 0 aliphatic carbocycles. The molecule has 1 heterocycles. The van der Waals surface area contributed by atoms with E-state index in [-0.39, 0.29) is 12.3 Å². The minimum atomic E-state index is -0.836. The van der Waals surface area contributed by atoms with E-state index in [4.69, 9.17) is 9.84 Å². The van der Waals surface area contributed by atoms with Gasteiger partial charge in [-0.1, -0.05) is 0 Å². The fraction of sp³-hybridized carbons (Fsp3) is 0.357. The number of tetrazole rings is 1. The SMILES string of the molecule is COc1ccc(C(=O)NCCCCC(=O)O)cc1-n1cnnn1. The number of hydrogen-bond acceptors (Lipinski definition) is 6. The molecule has 0 unspecified atom stereocenters. The number of ether oxygens (including phenoxy) is 1. The Labute approximate surface area is 132 Å². The summed E-state index contributed by atoms with van der Waals surface area (Å²) in [7, 11) is 1.52. The number of amides is 1. The molecule has 0 bridgehead atoms. The minimum Gasteiger partial charge on any atom is -0.494 e. The van der Waals surface area contributed by atoms with Crippen molar-refractivity contribution >= 4 is 11.9 Å². The van der Waals surface area contributed by atoms with Crippen LogP contribution in [0.2, 0.25) is 0 Å². The van der Waals surface area contributed by atoms with Gasteiger partial charge in [-0.25, -0.2) is 0 Å². The molecule has 9 heteroatoms. The summed E-state index contributed by atoms with van der Waals surface area (Å²) in [5.41, 5.74) is 0.991. The van der Waals surface area contributed by atoms with Crippen LogP contribution in [-0.4, -0.2) is 50.8 Å². The van der Waals surface area contributed by atoms with Gasteiger partial charge in [-0.05, 0) is 41.5 Å². The van der Waals surface area contributed by atoms with Crippen LogP contribution in [0.5, 0.6) is 5.75 Å². The summed E-state index contributed by atoms with van der Waals surface area (Å²) in [5.74, 6) is -0.551. The number of aromatic nitrogens is 4. The first-order chi connectivity index (χ1) is 11.1. The fourth-order valence-corrected chi connectivity index (χ4v) is 1.99. The zero-order valence-electron chi connectivity index (χ0n) is 12.6. The van der Waals surface area contributed by atoms with Gasteiger partial charge in [0.2, 0.25) is 0 Å². The molecule has 0 spiro atoms. The molecule has 1 aromatic heterocycles. The summed E-state index contributed by atoms with van der Waals surface area (Å²) in [6.07, 6.45) is 2.63. The van der Waals surface area contributed by atoms with Crippen molar-refractivity contribution in [2.45, 2.75) is 19.3 Å². The molecule has 2 N–H and O–H groups in total. The highest BCUT2D eigenvalue weighted by molar-refractivity contribution is 5.95. The predicted molar refractivity (Wildman–Crippen MR) is 79.5 cm³/mol. The van der Waals surface area contributed by atoms with Gasteiger partial charge < -0.3 is 15.2 Å². The zero-order chi connectivity index (χ0) is 16.7. The third-order valence-electron chi connectivity index (χ3n) is 3.14. The second-order valence-electron chi connectivity index (χ2n) is 4.75. The first-order valence-electron chi connectivity index (χ1n) is 7.03. The van der Waals surface area contributed by atoms with Crippen molar-refractivity contribution in [1.29, 1.82) is 0 Å². The normalized spacial score (nSPS) is 10.3. The molecule has 0 radical (unpaired) electrons. The summed E-state index contributed by atoms with van der Waals surface area (Å²) < 4.78 is 6.64. The summed E-state index contributed by atoms with van der Waals surface area (Å²) in [6.45, 7) is 0.415. The molecule has 23 heavy (non-hydrogen) atoms. The summed E-state index contributed by atoms with van der Waals surface area (Å²) in [6, 6.07) is 4.93. The number of hydrogen-bond donors (Lipinski definition) is 2. The summed E-state index contributed by atoms with van der Waals surface area (Å²) >= 11 is 0. The second kappa shape index (κ2) is 7.87. The van der Waals surface area contributed by atoms with Crippen molar-refractivity contribution in [3.05, 3.63) is 30.1 Å². The number of benzene rings is 1. The molecule has 0 atom stereocenters. The number of carbonyl (C=O) groups is 2. The molecule has 1 amide bonds. The van der Waals surface area contributed by atoms with Gasteiger partial charge in [0.25, 0.3) is 5.91 Å². The number of carbonyl (C=O) groups excluding carboxylic acids is 1. The van der Waals surface area contributed by atoms with Crippen molar-refractivity contribution in [2.75, 3.05) is 13.7 Å². The second-order valence-corrected chi connectivity index (χ2v) is 4.75. The van der Waals surface area contributed by atoms with E-state index in [0.717, 1.165) is 0 Å². The number of rotatable bonds is 8. The van der Waals surface area contributed by atoms with Gasteiger partial charge in [0, 0.05) is 18.5 Å². The third-order valence-corrected chi connectivity index (χ3v) is 3.14. The van der Waals surface area contributed by atoms with E-state index in [9.17, 15) is 9.59 Å². The van der Waals surface area contributed by atoms with E-state index in [0.29, 0.717) is 36.4 Å². The molecule has 0 aliphatic heterocycles. The van der Waals surface area contributed by atoms with Crippen molar-refractivity contribution < 1.29 is 19.4 Å². The van der Waals surface area contributed by atoms with Crippen LogP contribution >= 0.6 is 0 Å². The molecular weight excluding hydrogens is 302 g/mol. The minimum absolute atomic E-state index is 0.0991. The van der Waals surface area contributed by atoms with Crippen LogP contribution in [0.1, 0.15) is 29.6 Å². The van der Waals surface area contributed by atoms with E-state index in [1.165, 1.54) is 18.1 Å². The van der Waals surface area contributed by atoms with Gasteiger partial charge in [-0.15, -0.1) is 5.10 Å². The van der Waals surface area contributed by atoms with Gasteiger partial charge in [-0.3, -0.25) is 9.59 Å². The number of nitrogens with zero attached hydrogens (tertiary/aromatic N) is 4. The van der Waals surface area contributed by atoms with Gasteiger partial charge in [0.1, 0.15) is 17.8 Å². The first-order valence-corrected chi connectivity index (χ1v) is 7.03. The van der Waals surface area contributed by atoms with Gasteiger partial charge >= 0.3 is 5.97 Å². The van der Waals surface area contributed by atoms with Gasteiger partial charge in [-0.2, -0.15) is 4.68 Å². The quantitative estimate of drug-likeness (QED) is 0.686. The maximum atomic E-state index is 12.1. The Bertz CT molecular complexity index is 672. The molecule has 1 aromatic carbocycles. The summed E-state index contributed by atoms with van der Waals surface area (Å²) in [4.78, 5) is 22.5. The highest BCUT2D eigenvalue weighted by atomic mass is 16.5. The molecule has 0 aliphatic rings. The molecule has 0 fully saturated rings. The van der Waals surface area contributed by atoms with Crippen LogP contribution in [0, 0.1) is 0 Å². The Morgan fingerprint density at radius 2 is 2.17 bits per heavy atom. The highest BCUT2D eigenvalue weighted by Crippen LogP contribution is 2.22. The van der Waals surface area contributed by atoms with E-state index >= 15 is 0 Å². The van der Waals surface area contributed by atoms with Crippen LogP contribution in [0.4, 0.5) is 0 Å². The molecule has 2 rings (SSSR count). The average molecular weight is 319 g/mol. The van der Waals surface area contributed by atoms with Crippen LogP contribution in [-0.2, 0) is 4.79 Å². The van der Waals surface area contributed by atoms with Crippen molar-refractivity contribution in [3.8, 4) is 11.4 Å². The van der Waals surface area contributed by atoms with E-state index < -0.39 is 5.97 Å². The Morgan fingerprint density at radius 1 is 1.35 bits per heavy atom. The molecule has 122 valence electrons.